The number of nitrogens with two attached hydrogens (primary N) is 1. The van der Waals surface area contributed by atoms with Crippen LogP contribution in [0.5, 0.6) is 0 Å². The van der Waals surface area contributed by atoms with Crippen LogP contribution in [0.15, 0.2) is 16.9 Å². The van der Waals surface area contributed by atoms with E-state index in [0.29, 0.717) is 6.54 Å². The summed E-state index contributed by atoms with van der Waals surface area (Å²) < 4.78 is 1.27. The molecule has 1 aromatic heterocycles. The lowest BCUT2D eigenvalue weighted by Gasteiger charge is -2.03. The van der Waals surface area contributed by atoms with Crippen LogP contribution in [0.3, 0.4) is 0 Å². The quantitative estimate of drug-likeness (QED) is 0.742. The first kappa shape index (κ1) is 10.4. The summed E-state index contributed by atoms with van der Waals surface area (Å²) in [6, 6.07) is 2.65. The number of aryl methyl sites for hydroxylation is 1. The molecule has 0 radical (unpaired) electrons. The van der Waals surface area contributed by atoms with Crippen LogP contribution in [0, 0.1) is 0 Å². The van der Waals surface area contributed by atoms with Gasteiger partial charge in [-0.15, -0.1) is 0 Å². The SMILES string of the molecule is CCCCn1nc(C(N)=O)ccc1=O. The van der Waals surface area contributed by atoms with Gasteiger partial charge in [0.1, 0.15) is 5.69 Å². The molecule has 0 fully saturated rings. The van der Waals surface area contributed by atoms with Crippen molar-refractivity contribution < 1.29 is 4.79 Å². The number of aromatic nitrogens is 2. The first-order chi connectivity index (χ1) is 6.65. The molecule has 0 aliphatic rings. The fourth-order valence-electron chi connectivity index (χ4n) is 1.05. The van der Waals surface area contributed by atoms with Crippen LogP contribution >= 0.6 is 0 Å². The Morgan fingerprint density at radius 2 is 2.29 bits per heavy atom. The Balaban J connectivity index is 2.96. The molecule has 76 valence electrons. The standard InChI is InChI=1S/C9H13N3O2/c1-2-3-6-12-8(13)5-4-7(11-12)9(10)14/h4-5H,2-3,6H2,1H3,(H2,10,14). The van der Waals surface area contributed by atoms with E-state index in [2.05, 4.69) is 5.10 Å². The number of rotatable bonds is 4. The van der Waals surface area contributed by atoms with Gasteiger partial charge >= 0.3 is 0 Å². The third kappa shape index (κ3) is 2.42. The summed E-state index contributed by atoms with van der Waals surface area (Å²) in [5.74, 6) is -0.616. The third-order valence-electron chi connectivity index (χ3n) is 1.84. The fourth-order valence-corrected chi connectivity index (χ4v) is 1.05. The first-order valence-corrected chi connectivity index (χ1v) is 4.53. The van der Waals surface area contributed by atoms with Crippen molar-refractivity contribution in [2.45, 2.75) is 26.3 Å². The minimum Gasteiger partial charge on any atom is -0.364 e. The maximum absolute atomic E-state index is 11.2. The summed E-state index contributed by atoms with van der Waals surface area (Å²) in [5.41, 5.74) is 4.97. The number of unbranched alkanes of at least 4 members (excludes halogenated alkanes) is 1. The molecular weight excluding hydrogens is 182 g/mol. The molecule has 0 aliphatic carbocycles. The highest BCUT2D eigenvalue weighted by Crippen LogP contribution is 1.92. The second kappa shape index (κ2) is 4.55. The molecule has 0 saturated heterocycles. The lowest BCUT2D eigenvalue weighted by Crippen LogP contribution is -2.26. The van der Waals surface area contributed by atoms with E-state index in [-0.39, 0.29) is 11.3 Å². The van der Waals surface area contributed by atoms with Gasteiger partial charge in [-0.25, -0.2) is 4.68 Å². The molecule has 2 N–H and O–H groups in total. The van der Waals surface area contributed by atoms with Gasteiger partial charge in [-0.1, -0.05) is 13.3 Å². The average molecular weight is 195 g/mol. The van der Waals surface area contributed by atoms with Gasteiger partial charge in [0.05, 0.1) is 0 Å². The van der Waals surface area contributed by atoms with Crippen molar-refractivity contribution in [3.05, 3.63) is 28.2 Å². The molecule has 0 unspecified atom stereocenters. The molecule has 1 heterocycles. The zero-order chi connectivity index (χ0) is 10.6. The highest BCUT2D eigenvalue weighted by molar-refractivity contribution is 5.90. The van der Waals surface area contributed by atoms with Gasteiger partial charge in [0.2, 0.25) is 0 Å². The largest absolute Gasteiger partial charge is 0.364 e. The molecule has 1 aromatic rings. The normalized spacial score (nSPS) is 10.1. The molecule has 1 amide bonds. The number of carbonyl (C=O) groups is 1. The lowest BCUT2D eigenvalue weighted by molar-refractivity contribution is 0.0993. The number of carbonyl (C=O) groups excluding carboxylic acids is 1. The van der Waals surface area contributed by atoms with Crippen molar-refractivity contribution in [2.75, 3.05) is 0 Å². The first-order valence-electron chi connectivity index (χ1n) is 4.53. The van der Waals surface area contributed by atoms with E-state index in [1.807, 2.05) is 6.92 Å². The van der Waals surface area contributed by atoms with Crippen molar-refractivity contribution in [3.63, 3.8) is 0 Å². The number of hydrogen-bond acceptors (Lipinski definition) is 3. The van der Waals surface area contributed by atoms with Gasteiger partial charge in [-0.05, 0) is 12.5 Å². The van der Waals surface area contributed by atoms with Gasteiger partial charge < -0.3 is 5.73 Å². The van der Waals surface area contributed by atoms with Gasteiger partial charge in [0.25, 0.3) is 11.5 Å². The Kier molecular flexibility index (Phi) is 3.39. The fraction of sp³-hybridized carbons (Fsp3) is 0.444. The van der Waals surface area contributed by atoms with Crippen molar-refractivity contribution in [1.29, 1.82) is 0 Å². The summed E-state index contributed by atoms with van der Waals surface area (Å²) >= 11 is 0. The molecule has 0 saturated carbocycles. The van der Waals surface area contributed by atoms with Gasteiger partial charge in [0, 0.05) is 12.6 Å². The van der Waals surface area contributed by atoms with Gasteiger partial charge in [0.15, 0.2) is 0 Å². The molecule has 0 aliphatic heterocycles. The van der Waals surface area contributed by atoms with Gasteiger partial charge in [-0.3, -0.25) is 9.59 Å². The lowest BCUT2D eigenvalue weighted by atomic mass is 10.3. The number of amides is 1. The van der Waals surface area contributed by atoms with Crippen LogP contribution in [0.2, 0.25) is 0 Å². The Morgan fingerprint density at radius 3 is 2.86 bits per heavy atom. The number of hydrogen-bond donors (Lipinski definition) is 1. The van der Waals surface area contributed by atoms with E-state index in [4.69, 9.17) is 5.73 Å². The maximum Gasteiger partial charge on any atom is 0.269 e. The highest BCUT2D eigenvalue weighted by atomic mass is 16.1. The van der Waals surface area contributed by atoms with Crippen molar-refractivity contribution >= 4 is 5.91 Å². The predicted molar refractivity (Wildman–Crippen MR) is 51.9 cm³/mol. The van der Waals surface area contributed by atoms with Crippen LogP contribution in [-0.2, 0) is 6.54 Å². The maximum atomic E-state index is 11.2. The molecular formula is C9H13N3O2. The molecule has 14 heavy (non-hydrogen) atoms. The Morgan fingerprint density at radius 1 is 1.57 bits per heavy atom. The zero-order valence-electron chi connectivity index (χ0n) is 8.06. The molecule has 5 heteroatoms. The van der Waals surface area contributed by atoms with E-state index in [9.17, 15) is 9.59 Å². The molecule has 0 bridgehead atoms. The monoisotopic (exact) mass is 195 g/mol. The molecule has 0 aromatic carbocycles. The molecule has 5 nitrogen and oxygen atoms in total. The van der Waals surface area contributed by atoms with Crippen molar-refractivity contribution in [2.24, 2.45) is 5.73 Å². The van der Waals surface area contributed by atoms with Crippen LogP contribution in [-0.4, -0.2) is 15.7 Å². The van der Waals surface area contributed by atoms with E-state index in [1.165, 1.54) is 16.8 Å². The predicted octanol–water partition coefficient (Wildman–Crippen LogP) is 0.142. The Hall–Kier alpha value is -1.65. The third-order valence-corrected chi connectivity index (χ3v) is 1.84. The van der Waals surface area contributed by atoms with Gasteiger partial charge in [-0.2, -0.15) is 5.10 Å². The van der Waals surface area contributed by atoms with Crippen molar-refractivity contribution in [3.8, 4) is 0 Å². The molecule has 0 atom stereocenters. The van der Waals surface area contributed by atoms with E-state index < -0.39 is 5.91 Å². The highest BCUT2D eigenvalue weighted by Gasteiger charge is 2.04. The molecule has 1 rings (SSSR count). The summed E-state index contributed by atoms with van der Waals surface area (Å²) in [6.45, 7) is 2.54. The summed E-state index contributed by atoms with van der Waals surface area (Å²) in [5, 5.41) is 3.84. The Bertz CT molecular complexity index is 384. The zero-order valence-corrected chi connectivity index (χ0v) is 8.06. The second-order valence-electron chi connectivity index (χ2n) is 3.00. The topological polar surface area (TPSA) is 78.0 Å². The number of primary amides is 1. The van der Waals surface area contributed by atoms with Crippen LogP contribution in [0.25, 0.3) is 0 Å². The van der Waals surface area contributed by atoms with E-state index in [1.54, 1.807) is 0 Å². The minimum absolute atomic E-state index is 0.126. The second-order valence-corrected chi connectivity index (χ2v) is 3.00. The number of nitrogens with zero attached hydrogens (tertiary/aromatic N) is 2. The van der Waals surface area contributed by atoms with Crippen LogP contribution in [0.1, 0.15) is 30.3 Å². The smallest absolute Gasteiger partial charge is 0.269 e. The average Bonchev–Trinajstić information content (AvgIpc) is 2.16. The summed E-state index contributed by atoms with van der Waals surface area (Å²) in [7, 11) is 0. The van der Waals surface area contributed by atoms with Crippen LogP contribution in [0.4, 0.5) is 0 Å². The van der Waals surface area contributed by atoms with E-state index >= 15 is 0 Å². The summed E-state index contributed by atoms with van der Waals surface area (Å²) in [6.07, 6.45) is 1.82. The van der Waals surface area contributed by atoms with E-state index in [0.717, 1.165) is 12.8 Å². The Labute approximate surface area is 81.5 Å². The molecule has 0 spiro atoms. The summed E-state index contributed by atoms with van der Waals surface area (Å²) in [4.78, 5) is 22.0. The van der Waals surface area contributed by atoms with Crippen molar-refractivity contribution in [1.82, 2.24) is 9.78 Å². The minimum atomic E-state index is -0.616. The van der Waals surface area contributed by atoms with Crippen LogP contribution < -0.4 is 11.3 Å².